The largest absolute Gasteiger partial charge is 0.292 e. The van der Waals surface area contributed by atoms with Crippen LogP contribution < -0.4 is 0 Å². The molecule has 21 heavy (non-hydrogen) atoms. The topological polar surface area (TPSA) is 40.9 Å². The molecule has 6 heteroatoms. The lowest BCUT2D eigenvalue weighted by molar-refractivity contribution is 0.0979. The molecule has 0 fully saturated rings. The third-order valence-corrected chi connectivity index (χ3v) is 3.50. The van der Waals surface area contributed by atoms with Crippen molar-refractivity contribution in [2.24, 2.45) is 0 Å². The molecule has 0 amide bonds. The molecular weight excluding hydrogens is 319 g/mol. The van der Waals surface area contributed by atoms with Crippen molar-refractivity contribution in [2.45, 2.75) is 5.92 Å². The Labute approximate surface area is 129 Å². The van der Waals surface area contributed by atoms with E-state index in [0.717, 1.165) is 24.3 Å². The molecular formula is C15H7Cl2F2NO. The lowest BCUT2D eigenvalue weighted by Gasteiger charge is -2.11. The number of carbonyl (C=O) groups is 1. The highest BCUT2D eigenvalue weighted by molar-refractivity contribution is 6.35. The molecule has 0 aliphatic carbocycles. The lowest BCUT2D eigenvalue weighted by atomic mass is 9.91. The summed E-state index contributed by atoms with van der Waals surface area (Å²) in [5, 5.41) is 9.08. The van der Waals surface area contributed by atoms with E-state index in [1.54, 1.807) is 0 Å². The maximum atomic E-state index is 13.0. The van der Waals surface area contributed by atoms with Crippen molar-refractivity contribution in [3.05, 3.63) is 69.2 Å². The highest BCUT2D eigenvalue weighted by Crippen LogP contribution is 2.30. The molecule has 0 aliphatic heterocycles. The van der Waals surface area contributed by atoms with E-state index < -0.39 is 23.3 Å². The zero-order valence-corrected chi connectivity index (χ0v) is 11.9. The van der Waals surface area contributed by atoms with Crippen molar-refractivity contribution >= 4 is 29.0 Å². The molecule has 2 nitrogen and oxygen atoms in total. The van der Waals surface area contributed by atoms with Crippen LogP contribution in [0.5, 0.6) is 0 Å². The van der Waals surface area contributed by atoms with Gasteiger partial charge >= 0.3 is 0 Å². The molecule has 0 bridgehead atoms. The second-order valence-corrected chi connectivity index (χ2v) is 5.03. The molecule has 106 valence electrons. The first-order valence-corrected chi connectivity index (χ1v) is 6.53. The van der Waals surface area contributed by atoms with Gasteiger partial charge in [0.05, 0.1) is 11.1 Å². The van der Waals surface area contributed by atoms with Gasteiger partial charge < -0.3 is 0 Å². The molecule has 0 spiro atoms. The van der Waals surface area contributed by atoms with Gasteiger partial charge in [-0.15, -0.1) is 0 Å². The van der Waals surface area contributed by atoms with Gasteiger partial charge in [0.15, 0.2) is 5.78 Å². The van der Waals surface area contributed by atoms with Crippen molar-refractivity contribution < 1.29 is 13.6 Å². The van der Waals surface area contributed by atoms with Crippen LogP contribution in [0.1, 0.15) is 21.8 Å². The van der Waals surface area contributed by atoms with Gasteiger partial charge in [0.1, 0.15) is 17.6 Å². The molecule has 0 saturated carbocycles. The SMILES string of the molecule is N#CC(C(=O)c1ccc(F)cc1Cl)c1ccc(F)cc1Cl. The van der Waals surface area contributed by atoms with E-state index in [9.17, 15) is 18.8 Å². The molecule has 0 radical (unpaired) electrons. The van der Waals surface area contributed by atoms with Crippen LogP contribution in [-0.4, -0.2) is 5.78 Å². The lowest BCUT2D eigenvalue weighted by Crippen LogP contribution is -2.12. The second-order valence-electron chi connectivity index (χ2n) is 4.22. The first-order valence-electron chi connectivity index (χ1n) is 5.78. The quantitative estimate of drug-likeness (QED) is 0.763. The van der Waals surface area contributed by atoms with E-state index in [1.165, 1.54) is 12.1 Å². The number of hydrogen-bond acceptors (Lipinski definition) is 2. The Morgan fingerprint density at radius 1 is 1.05 bits per heavy atom. The maximum Gasteiger partial charge on any atom is 0.186 e. The van der Waals surface area contributed by atoms with Crippen molar-refractivity contribution in [3.8, 4) is 6.07 Å². The van der Waals surface area contributed by atoms with E-state index in [2.05, 4.69) is 0 Å². The molecule has 1 atom stereocenters. The summed E-state index contributed by atoms with van der Waals surface area (Å²) in [7, 11) is 0. The fraction of sp³-hybridized carbons (Fsp3) is 0.0667. The van der Waals surface area contributed by atoms with Gasteiger partial charge in [0.2, 0.25) is 0 Å². The number of benzene rings is 2. The summed E-state index contributed by atoms with van der Waals surface area (Å²) < 4.78 is 26.0. The second kappa shape index (κ2) is 6.21. The Morgan fingerprint density at radius 2 is 1.62 bits per heavy atom. The van der Waals surface area contributed by atoms with Crippen LogP contribution in [-0.2, 0) is 0 Å². The number of halogens is 4. The Morgan fingerprint density at radius 3 is 2.14 bits per heavy atom. The monoisotopic (exact) mass is 325 g/mol. The molecule has 0 N–H and O–H groups in total. The molecule has 0 aliphatic rings. The van der Waals surface area contributed by atoms with Crippen LogP contribution in [0.15, 0.2) is 36.4 Å². The number of carbonyl (C=O) groups excluding carboxylic acids is 1. The van der Waals surface area contributed by atoms with Gasteiger partial charge in [-0.3, -0.25) is 4.79 Å². The predicted octanol–water partition coefficient (Wildman–Crippen LogP) is 4.76. The minimum atomic E-state index is -1.25. The zero-order chi connectivity index (χ0) is 15.6. The average Bonchev–Trinajstić information content (AvgIpc) is 2.41. The van der Waals surface area contributed by atoms with E-state index in [0.29, 0.717) is 0 Å². The minimum Gasteiger partial charge on any atom is -0.292 e. The number of nitrogens with zero attached hydrogens (tertiary/aromatic N) is 1. The third kappa shape index (κ3) is 3.21. The van der Waals surface area contributed by atoms with Gasteiger partial charge in [-0.2, -0.15) is 5.26 Å². The van der Waals surface area contributed by atoms with Crippen molar-refractivity contribution in [1.29, 1.82) is 5.26 Å². The number of nitriles is 1. The van der Waals surface area contributed by atoms with Gasteiger partial charge in [-0.25, -0.2) is 8.78 Å². The zero-order valence-electron chi connectivity index (χ0n) is 10.4. The summed E-state index contributed by atoms with van der Waals surface area (Å²) in [6, 6.07) is 8.44. The van der Waals surface area contributed by atoms with Gasteiger partial charge in [0.25, 0.3) is 0 Å². The summed E-state index contributed by atoms with van der Waals surface area (Å²) in [6.45, 7) is 0. The smallest absolute Gasteiger partial charge is 0.186 e. The highest BCUT2D eigenvalue weighted by Gasteiger charge is 2.26. The van der Waals surface area contributed by atoms with Crippen LogP contribution >= 0.6 is 23.2 Å². The fourth-order valence-electron chi connectivity index (χ4n) is 1.85. The molecule has 2 aromatic rings. The first kappa shape index (κ1) is 15.4. The van der Waals surface area contributed by atoms with E-state index in [1.807, 2.05) is 6.07 Å². The third-order valence-electron chi connectivity index (χ3n) is 2.86. The first-order chi connectivity index (χ1) is 9.93. The van der Waals surface area contributed by atoms with E-state index in [4.69, 9.17) is 23.2 Å². The Balaban J connectivity index is 2.46. The Hall–Kier alpha value is -1.96. The summed E-state index contributed by atoms with van der Waals surface area (Å²) in [5.74, 6) is -3.05. The Bertz CT molecular complexity index is 756. The van der Waals surface area contributed by atoms with Crippen molar-refractivity contribution in [3.63, 3.8) is 0 Å². The van der Waals surface area contributed by atoms with E-state index >= 15 is 0 Å². The molecule has 2 aromatic carbocycles. The van der Waals surface area contributed by atoms with Crippen LogP contribution in [0.25, 0.3) is 0 Å². The van der Waals surface area contributed by atoms with Crippen molar-refractivity contribution in [2.75, 3.05) is 0 Å². The van der Waals surface area contributed by atoms with Crippen LogP contribution in [0.4, 0.5) is 8.78 Å². The van der Waals surface area contributed by atoms with E-state index in [-0.39, 0.29) is 21.2 Å². The van der Waals surface area contributed by atoms with Crippen LogP contribution in [0.3, 0.4) is 0 Å². The molecule has 0 aromatic heterocycles. The summed E-state index contributed by atoms with van der Waals surface area (Å²) >= 11 is 11.7. The fourth-order valence-corrected chi connectivity index (χ4v) is 2.39. The summed E-state index contributed by atoms with van der Waals surface area (Å²) in [6.07, 6.45) is 0. The highest BCUT2D eigenvalue weighted by atomic mass is 35.5. The van der Waals surface area contributed by atoms with Gasteiger partial charge in [-0.1, -0.05) is 29.3 Å². The van der Waals surface area contributed by atoms with Crippen LogP contribution in [0, 0.1) is 23.0 Å². The number of Topliss-reactive ketones (excluding diaryl/α,β-unsaturated/α-hetero) is 1. The molecule has 0 saturated heterocycles. The molecule has 2 rings (SSSR count). The maximum absolute atomic E-state index is 13.0. The number of hydrogen-bond donors (Lipinski definition) is 0. The predicted molar refractivity (Wildman–Crippen MR) is 75.5 cm³/mol. The minimum absolute atomic E-state index is 0.00464. The van der Waals surface area contributed by atoms with Gasteiger partial charge in [0, 0.05) is 10.6 Å². The van der Waals surface area contributed by atoms with Gasteiger partial charge in [-0.05, 0) is 35.9 Å². The molecule has 1 unspecified atom stereocenters. The van der Waals surface area contributed by atoms with Crippen molar-refractivity contribution in [1.82, 2.24) is 0 Å². The standard InChI is InChI=1S/C15H7Cl2F2NO/c16-13-5-8(18)1-3-10(13)12(7-20)15(21)11-4-2-9(19)6-14(11)17/h1-6,12H. The average molecular weight is 326 g/mol. The number of rotatable bonds is 3. The molecule has 0 heterocycles. The summed E-state index contributed by atoms with van der Waals surface area (Å²) in [5.41, 5.74) is 0.177. The summed E-state index contributed by atoms with van der Waals surface area (Å²) in [4.78, 5) is 12.4. The number of ketones is 1. The normalized spacial score (nSPS) is 11.8. The van der Waals surface area contributed by atoms with Crippen LogP contribution in [0.2, 0.25) is 10.0 Å². The Kier molecular flexibility index (Phi) is 4.56.